The van der Waals surface area contributed by atoms with E-state index in [0.717, 1.165) is 22.1 Å². The SMILES string of the molecule is c1ccc2c(C(c3c[nH]c4ccccc34)C(c3c[nH]c4ccccc34)c3c[nH]c4ccccc34)c[nH]c2c1. The Morgan fingerprint density at radius 3 is 0.816 bits per heavy atom. The number of nitrogens with one attached hydrogen (secondary N) is 4. The quantitative estimate of drug-likeness (QED) is 0.187. The van der Waals surface area contributed by atoms with Crippen LogP contribution < -0.4 is 0 Å². The van der Waals surface area contributed by atoms with Crippen LogP contribution in [0.15, 0.2) is 122 Å². The fourth-order valence-electron chi connectivity index (χ4n) is 6.46. The van der Waals surface area contributed by atoms with E-state index in [2.05, 4.69) is 142 Å². The standard InChI is InChI=1S/C34H26N4/c1-5-13-29-21(9-1)25(17-35-29)33(26-18-36-30-14-6-2-10-22(26)30)34(27-19-37-31-15-7-3-11-23(27)31)28-20-38-32-16-8-4-12-24(28)32/h1-20,33-38H. The van der Waals surface area contributed by atoms with E-state index in [-0.39, 0.29) is 11.8 Å². The summed E-state index contributed by atoms with van der Waals surface area (Å²) in [5.74, 6) is 0.112. The van der Waals surface area contributed by atoms with Gasteiger partial charge in [-0.1, -0.05) is 72.8 Å². The normalized spacial score (nSPS) is 12.2. The minimum atomic E-state index is 0.0562. The molecular weight excluding hydrogens is 464 g/mol. The minimum absolute atomic E-state index is 0.0562. The second-order valence-corrected chi connectivity index (χ2v) is 10.1. The molecule has 0 aliphatic rings. The summed E-state index contributed by atoms with van der Waals surface area (Å²) in [5, 5.41) is 5.03. The lowest BCUT2D eigenvalue weighted by Gasteiger charge is -2.28. The monoisotopic (exact) mass is 490 g/mol. The Morgan fingerprint density at radius 2 is 0.553 bits per heavy atom. The van der Waals surface area contributed by atoms with Crippen LogP contribution in [0.25, 0.3) is 43.6 Å². The number of benzene rings is 4. The predicted octanol–water partition coefficient (Wildman–Crippen LogP) is 8.58. The van der Waals surface area contributed by atoms with E-state index in [0.29, 0.717) is 0 Å². The molecule has 4 aromatic carbocycles. The zero-order valence-corrected chi connectivity index (χ0v) is 20.7. The van der Waals surface area contributed by atoms with Gasteiger partial charge in [0.15, 0.2) is 0 Å². The Hall–Kier alpha value is -4.96. The van der Waals surface area contributed by atoms with Crippen molar-refractivity contribution in [3.8, 4) is 0 Å². The van der Waals surface area contributed by atoms with Gasteiger partial charge >= 0.3 is 0 Å². The Labute approximate surface area is 219 Å². The first-order chi connectivity index (χ1) is 18.9. The highest BCUT2D eigenvalue weighted by atomic mass is 14.7. The molecule has 0 unspecified atom stereocenters. The van der Waals surface area contributed by atoms with Crippen LogP contribution in [-0.2, 0) is 0 Å². The summed E-state index contributed by atoms with van der Waals surface area (Å²) in [6.07, 6.45) is 8.86. The third-order valence-corrected chi connectivity index (χ3v) is 8.16. The van der Waals surface area contributed by atoms with Crippen molar-refractivity contribution in [1.29, 1.82) is 0 Å². The molecule has 4 nitrogen and oxygen atoms in total. The van der Waals surface area contributed by atoms with Gasteiger partial charge in [0.25, 0.3) is 0 Å². The van der Waals surface area contributed by atoms with Gasteiger partial charge in [-0.25, -0.2) is 0 Å². The average molecular weight is 491 g/mol. The van der Waals surface area contributed by atoms with Crippen molar-refractivity contribution < 1.29 is 0 Å². The summed E-state index contributed by atoms with van der Waals surface area (Å²) in [5.41, 5.74) is 9.81. The van der Waals surface area contributed by atoms with Gasteiger partial charge in [0, 0.05) is 80.2 Å². The van der Waals surface area contributed by atoms with Crippen LogP contribution in [0.5, 0.6) is 0 Å². The Bertz CT molecular complexity index is 1770. The molecule has 0 radical (unpaired) electrons. The molecule has 0 saturated carbocycles. The smallest absolute Gasteiger partial charge is 0.0457 e. The van der Waals surface area contributed by atoms with Crippen molar-refractivity contribution in [2.24, 2.45) is 0 Å². The summed E-state index contributed by atoms with van der Waals surface area (Å²) in [7, 11) is 0. The van der Waals surface area contributed by atoms with Crippen LogP contribution in [0.3, 0.4) is 0 Å². The Kier molecular flexibility index (Phi) is 4.61. The van der Waals surface area contributed by atoms with E-state index < -0.39 is 0 Å². The molecule has 0 bridgehead atoms. The first kappa shape index (κ1) is 21.2. The number of fused-ring (bicyclic) bond motifs is 4. The molecule has 0 atom stereocenters. The molecule has 4 heterocycles. The van der Waals surface area contributed by atoms with Crippen molar-refractivity contribution in [2.75, 3.05) is 0 Å². The van der Waals surface area contributed by atoms with Gasteiger partial charge in [-0.15, -0.1) is 0 Å². The second-order valence-electron chi connectivity index (χ2n) is 10.1. The summed E-state index contributed by atoms with van der Waals surface area (Å²) >= 11 is 0. The molecule has 4 aromatic heterocycles. The van der Waals surface area contributed by atoms with E-state index in [1.165, 1.54) is 43.8 Å². The number of hydrogen-bond donors (Lipinski definition) is 4. The van der Waals surface area contributed by atoms with Gasteiger partial charge in [-0.05, 0) is 46.5 Å². The summed E-state index contributed by atoms with van der Waals surface area (Å²) in [6, 6.07) is 34.6. The maximum Gasteiger partial charge on any atom is 0.0457 e. The Balaban J connectivity index is 1.50. The number of hydrogen-bond acceptors (Lipinski definition) is 0. The van der Waals surface area contributed by atoms with Crippen LogP contribution in [0, 0.1) is 0 Å². The molecule has 0 saturated heterocycles. The number of H-pyrrole nitrogens is 4. The van der Waals surface area contributed by atoms with E-state index in [9.17, 15) is 0 Å². The fraction of sp³-hybridized carbons (Fsp3) is 0.0588. The molecule has 0 spiro atoms. The molecule has 0 amide bonds. The van der Waals surface area contributed by atoms with Gasteiger partial charge in [-0.3, -0.25) is 0 Å². The average Bonchev–Trinajstić information content (AvgIpc) is 3.77. The summed E-state index contributed by atoms with van der Waals surface area (Å²) in [4.78, 5) is 14.3. The topological polar surface area (TPSA) is 63.2 Å². The van der Waals surface area contributed by atoms with Crippen LogP contribution >= 0.6 is 0 Å². The van der Waals surface area contributed by atoms with Gasteiger partial charge < -0.3 is 19.9 Å². The van der Waals surface area contributed by atoms with E-state index in [1.807, 2.05) is 0 Å². The lowest BCUT2D eigenvalue weighted by Crippen LogP contribution is -2.14. The lowest BCUT2D eigenvalue weighted by molar-refractivity contribution is 0.712. The molecule has 0 aliphatic heterocycles. The molecule has 0 fully saturated rings. The van der Waals surface area contributed by atoms with Crippen molar-refractivity contribution in [3.05, 3.63) is 144 Å². The highest BCUT2D eigenvalue weighted by Crippen LogP contribution is 2.49. The van der Waals surface area contributed by atoms with Crippen molar-refractivity contribution in [3.63, 3.8) is 0 Å². The van der Waals surface area contributed by atoms with Crippen LogP contribution in [-0.4, -0.2) is 19.9 Å². The van der Waals surface area contributed by atoms with E-state index >= 15 is 0 Å². The maximum absolute atomic E-state index is 3.57. The molecule has 0 aliphatic carbocycles. The van der Waals surface area contributed by atoms with Gasteiger partial charge in [-0.2, -0.15) is 0 Å². The molecule has 38 heavy (non-hydrogen) atoms. The number of rotatable bonds is 5. The number of para-hydroxylation sites is 4. The zero-order chi connectivity index (χ0) is 25.1. The molecule has 8 rings (SSSR count). The predicted molar refractivity (Wildman–Crippen MR) is 157 cm³/mol. The van der Waals surface area contributed by atoms with E-state index in [1.54, 1.807) is 0 Å². The molecule has 4 N–H and O–H groups in total. The van der Waals surface area contributed by atoms with Gasteiger partial charge in [0.05, 0.1) is 0 Å². The molecule has 8 aromatic rings. The first-order valence-electron chi connectivity index (χ1n) is 13.1. The van der Waals surface area contributed by atoms with Crippen LogP contribution in [0.1, 0.15) is 34.1 Å². The summed E-state index contributed by atoms with van der Waals surface area (Å²) in [6.45, 7) is 0. The zero-order valence-electron chi connectivity index (χ0n) is 20.7. The van der Waals surface area contributed by atoms with Crippen LogP contribution in [0.4, 0.5) is 0 Å². The molecule has 182 valence electrons. The fourth-order valence-corrected chi connectivity index (χ4v) is 6.46. The highest BCUT2D eigenvalue weighted by Gasteiger charge is 2.34. The lowest BCUT2D eigenvalue weighted by atomic mass is 9.73. The number of aromatic nitrogens is 4. The van der Waals surface area contributed by atoms with Crippen molar-refractivity contribution in [2.45, 2.75) is 11.8 Å². The number of aromatic amines is 4. The van der Waals surface area contributed by atoms with Gasteiger partial charge in [0.1, 0.15) is 0 Å². The molecular formula is C34H26N4. The second kappa shape index (κ2) is 8.29. The van der Waals surface area contributed by atoms with E-state index in [4.69, 9.17) is 0 Å². The molecule has 4 heteroatoms. The van der Waals surface area contributed by atoms with Crippen molar-refractivity contribution >= 4 is 43.6 Å². The van der Waals surface area contributed by atoms with Crippen molar-refractivity contribution in [1.82, 2.24) is 19.9 Å². The minimum Gasteiger partial charge on any atom is -0.361 e. The largest absolute Gasteiger partial charge is 0.361 e. The Morgan fingerprint density at radius 1 is 0.316 bits per heavy atom. The third-order valence-electron chi connectivity index (χ3n) is 8.16. The van der Waals surface area contributed by atoms with Gasteiger partial charge in [0.2, 0.25) is 0 Å². The highest BCUT2D eigenvalue weighted by molar-refractivity contribution is 5.92. The van der Waals surface area contributed by atoms with Crippen LogP contribution in [0.2, 0.25) is 0 Å². The third kappa shape index (κ3) is 3.10. The summed E-state index contributed by atoms with van der Waals surface area (Å²) < 4.78 is 0. The first-order valence-corrected chi connectivity index (χ1v) is 13.1. The maximum atomic E-state index is 3.57.